The summed E-state index contributed by atoms with van der Waals surface area (Å²) in [6, 6.07) is 0. The Balaban J connectivity index is 1.91. The molecule has 18 heavy (non-hydrogen) atoms. The van der Waals surface area contributed by atoms with E-state index in [4.69, 9.17) is 10.5 Å². The maximum Gasteiger partial charge on any atom is 0.0645 e. The predicted octanol–water partition coefficient (Wildman–Crippen LogP) is 0.520. The van der Waals surface area contributed by atoms with Gasteiger partial charge in [-0.2, -0.15) is 0 Å². The maximum atomic E-state index is 6.27. The highest BCUT2D eigenvalue weighted by Crippen LogP contribution is 2.42. The van der Waals surface area contributed by atoms with Gasteiger partial charge in [0.25, 0.3) is 0 Å². The Labute approximate surface area is 110 Å². The molecule has 0 aromatic heterocycles. The summed E-state index contributed by atoms with van der Waals surface area (Å²) in [5.41, 5.74) is 6.59. The van der Waals surface area contributed by atoms with Gasteiger partial charge in [0.15, 0.2) is 0 Å². The molecule has 1 atom stereocenters. The molecule has 4 nitrogen and oxygen atoms in total. The first-order valence-corrected chi connectivity index (χ1v) is 7.36. The molecular weight excluding hydrogens is 226 g/mol. The number of hydrogen-bond donors (Lipinski definition) is 1. The average molecular weight is 253 g/mol. The third kappa shape index (κ3) is 1.82. The van der Waals surface area contributed by atoms with Crippen LogP contribution in [0.3, 0.4) is 0 Å². The van der Waals surface area contributed by atoms with Gasteiger partial charge in [0.2, 0.25) is 0 Å². The van der Waals surface area contributed by atoms with Crippen molar-refractivity contribution in [1.29, 1.82) is 0 Å². The highest BCUT2D eigenvalue weighted by molar-refractivity contribution is 5.09. The first kappa shape index (κ1) is 12.9. The Morgan fingerprint density at radius 1 is 1.22 bits per heavy atom. The molecule has 4 heterocycles. The number of morpholine rings is 1. The molecule has 0 amide bonds. The number of fused-ring (bicyclic) bond motifs is 3. The summed E-state index contributed by atoms with van der Waals surface area (Å²) in [5, 5.41) is 0. The standard InChI is InChI=1S/C14H27N3O/c1-13(2)11-18-8-7-17(13)14(9-15)10-16-5-3-12(14)4-6-16/h12H,3-11,15H2,1-2H3. The zero-order chi connectivity index (χ0) is 12.8. The summed E-state index contributed by atoms with van der Waals surface area (Å²) in [7, 11) is 0. The van der Waals surface area contributed by atoms with Crippen molar-refractivity contribution in [3.8, 4) is 0 Å². The van der Waals surface area contributed by atoms with Gasteiger partial charge in [-0.3, -0.25) is 4.90 Å². The second-order valence-corrected chi connectivity index (χ2v) is 6.87. The van der Waals surface area contributed by atoms with Crippen LogP contribution in [-0.4, -0.2) is 66.8 Å². The minimum Gasteiger partial charge on any atom is -0.378 e. The van der Waals surface area contributed by atoms with Gasteiger partial charge in [-0.1, -0.05) is 0 Å². The lowest BCUT2D eigenvalue weighted by molar-refractivity contribution is -0.155. The predicted molar refractivity (Wildman–Crippen MR) is 72.6 cm³/mol. The number of piperidine rings is 3. The second-order valence-electron chi connectivity index (χ2n) is 6.87. The van der Waals surface area contributed by atoms with Crippen LogP contribution in [0.4, 0.5) is 0 Å². The van der Waals surface area contributed by atoms with Crippen LogP contribution in [0, 0.1) is 5.92 Å². The molecule has 2 N–H and O–H groups in total. The van der Waals surface area contributed by atoms with E-state index in [0.717, 1.165) is 38.8 Å². The van der Waals surface area contributed by atoms with E-state index in [1.165, 1.54) is 25.9 Å². The first-order valence-electron chi connectivity index (χ1n) is 7.36. The molecule has 2 bridgehead atoms. The minimum absolute atomic E-state index is 0.121. The Kier molecular flexibility index (Phi) is 3.17. The van der Waals surface area contributed by atoms with Crippen molar-refractivity contribution in [1.82, 2.24) is 9.80 Å². The number of ether oxygens (including phenoxy) is 1. The average Bonchev–Trinajstić information content (AvgIpc) is 2.39. The molecule has 0 radical (unpaired) electrons. The normalized spacial score (nSPS) is 44.2. The number of nitrogens with zero attached hydrogens (tertiary/aromatic N) is 2. The molecule has 4 aliphatic heterocycles. The summed E-state index contributed by atoms with van der Waals surface area (Å²) in [6.45, 7) is 11.8. The zero-order valence-electron chi connectivity index (χ0n) is 11.8. The van der Waals surface area contributed by atoms with Crippen LogP contribution >= 0.6 is 0 Å². The second kappa shape index (κ2) is 4.44. The summed E-state index contributed by atoms with van der Waals surface area (Å²) in [6.07, 6.45) is 2.65. The van der Waals surface area contributed by atoms with Crippen LogP contribution in [0.2, 0.25) is 0 Å². The highest BCUT2D eigenvalue weighted by Gasteiger charge is 2.53. The Hall–Kier alpha value is -0.160. The molecule has 0 aromatic carbocycles. The Morgan fingerprint density at radius 2 is 1.94 bits per heavy atom. The molecule has 1 unspecified atom stereocenters. The first-order chi connectivity index (χ1) is 8.58. The van der Waals surface area contributed by atoms with Crippen molar-refractivity contribution in [2.75, 3.05) is 45.9 Å². The third-order valence-corrected chi connectivity index (χ3v) is 5.38. The van der Waals surface area contributed by atoms with E-state index >= 15 is 0 Å². The van der Waals surface area contributed by atoms with Gasteiger partial charge in [-0.15, -0.1) is 0 Å². The molecule has 4 aliphatic rings. The van der Waals surface area contributed by atoms with Gasteiger partial charge in [-0.25, -0.2) is 0 Å². The highest BCUT2D eigenvalue weighted by atomic mass is 16.5. The smallest absolute Gasteiger partial charge is 0.0645 e. The third-order valence-electron chi connectivity index (χ3n) is 5.38. The van der Waals surface area contributed by atoms with Crippen LogP contribution in [0.5, 0.6) is 0 Å². The number of nitrogens with two attached hydrogens (primary N) is 1. The summed E-state index contributed by atoms with van der Waals surface area (Å²) in [4.78, 5) is 5.29. The van der Waals surface area contributed by atoms with Crippen molar-refractivity contribution in [2.45, 2.75) is 37.8 Å². The number of hydrogen-bond acceptors (Lipinski definition) is 4. The van der Waals surface area contributed by atoms with Gasteiger partial charge in [0.05, 0.1) is 13.2 Å². The van der Waals surface area contributed by atoms with Gasteiger partial charge in [0, 0.05) is 30.7 Å². The van der Waals surface area contributed by atoms with Crippen molar-refractivity contribution >= 4 is 0 Å². The van der Waals surface area contributed by atoms with Crippen LogP contribution in [-0.2, 0) is 4.74 Å². The number of rotatable bonds is 2. The van der Waals surface area contributed by atoms with E-state index in [9.17, 15) is 0 Å². The SMILES string of the molecule is CC1(C)COCCN1C1(CN)CN2CCC1CC2. The molecule has 0 saturated carbocycles. The van der Waals surface area contributed by atoms with E-state index in [2.05, 4.69) is 23.6 Å². The molecule has 4 saturated heterocycles. The molecule has 104 valence electrons. The fraction of sp³-hybridized carbons (Fsp3) is 1.00. The van der Waals surface area contributed by atoms with Crippen molar-refractivity contribution in [2.24, 2.45) is 11.7 Å². The van der Waals surface area contributed by atoms with Crippen molar-refractivity contribution < 1.29 is 4.74 Å². The van der Waals surface area contributed by atoms with Gasteiger partial charge in [0.1, 0.15) is 0 Å². The Morgan fingerprint density at radius 3 is 2.44 bits per heavy atom. The van der Waals surface area contributed by atoms with Crippen molar-refractivity contribution in [3.05, 3.63) is 0 Å². The van der Waals surface area contributed by atoms with Crippen LogP contribution < -0.4 is 5.73 Å². The van der Waals surface area contributed by atoms with Crippen LogP contribution in [0.15, 0.2) is 0 Å². The minimum atomic E-state index is 0.121. The van der Waals surface area contributed by atoms with Gasteiger partial charge in [-0.05, 0) is 45.7 Å². The fourth-order valence-electron chi connectivity index (χ4n) is 4.48. The summed E-state index contributed by atoms with van der Waals surface area (Å²) in [5.74, 6) is 0.782. The van der Waals surface area contributed by atoms with E-state index in [1.807, 2.05) is 0 Å². The van der Waals surface area contributed by atoms with Gasteiger partial charge < -0.3 is 15.4 Å². The van der Waals surface area contributed by atoms with Crippen LogP contribution in [0.1, 0.15) is 26.7 Å². The lowest BCUT2D eigenvalue weighted by Crippen LogP contribution is -2.75. The van der Waals surface area contributed by atoms with E-state index in [1.54, 1.807) is 0 Å². The lowest BCUT2D eigenvalue weighted by atomic mass is 9.70. The summed E-state index contributed by atoms with van der Waals surface area (Å²) < 4.78 is 5.68. The topological polar surface area (TPSA) is 41.7 Å². The monoisotopic (exact) mass is 253 g/mol. The quantitative estimate of drug-likeness (QED) is 0.779. The molecular formula is C14H27N3O. The molecule has 0 aromatic rings. The Bertz CT molecular complexity index is 312. The van der Waals surface area contributed by atoms with E-state index in [-0.39, 0.29) is 11.1 Å². The molecule has 0 spiro atoms. The molecule has 4 heteroatoms. The largest absolute Gasteiger partial charge is 0.378 e. The molecule has 4 rings (SSSR count). The summed E-state index contributed by atoms with van der Waals surface area (Å²) >= 11 is 0. The van der Waals surface area contributed by atoms with E-state index < -0.39 is 0 Å². The van der Waals surface area contributed by atoms with Crippen molar-refractivity contribution in [3.63, 3.8) is 0 Å². The molecule has 4 fully saturated rings. The molecule has 0 aliphatic carbocycles. The van der Waals surface area contributed by atoms with Gasteiger partial charge >= 0.3 is 0 Å². The zero-order valence-corrected chi connectivity index (χ0v) is 11.8. The van der Waals surface area contributed by atoms with Crippen LogP contribution in [0.25, 0.3) is 0 Å². The van der Waals surface area contributed by atoms with E-state index in [0.29, 0.717) is 0 Å². The maximum absolute atomic E-state index is 6.27. The lowest BCUT2D eigenvalue weighted by Gasteiger charge is -2.62. The fourth-order valence-corrected chi connectivity index (χ4v) is 4.48.